The summed E-state index contributed by atoms with van der Waals surface area (Å²) in [5.41, 5.74) is 3.99. The molecule has 1 amide bonds. The predicted molar refractivity (Wildman–Crippen MR) is 95.8 cm³/mol. The molecule has 1 saturated heterocycles. The van der Waals surface area contributed by atoms with E-state index in [9.17, 15) is 4.79 Å². The molecule has 2 aromatic rings. The summed E-state index contributed by atoms with van der Waals surface area (Å²) in [4.78, 5) is 24.6. The summed E-state index contributed by atoms with van der Waals surface area (Å²) < 4.78 is 0. The minimum absolute atomic E-state index is 0.0614. The van der Waals surface area contributed by atoms with E-state index in [1.165, 1.54) is 29.7 Å². The first-order chi connectivity index (χ1) is 11.7. The van der Waals surface area contributed by atoms with Crippen LogP contribution in [0.5, 0.6) is 0 Å². The average Bonchev–Trinajstić information content (AvgIpc) is 3.33. The molecule has 0 atom stereocenters. The number of carbonyl (C=O) groups excluding carboxylic acids is 1. The van der Waals surface area contributed by atoms with Gasteiger partial charge < -0.3 is 10.2 Å². The predicted octanol–water partition coefficient (Wildman–Crippen LogP) is 3.12. The van der Waals surface area contributed by atoms with E-state index in [0.717, 1.165) is 42.3 Å². The normalized spacial score (nSPS) is 18.6. The number of carbonyl (C=O) groups is 1. The van der Waals surface area contributed by atoms with Crippen LogP contribution in [0.4, 0.5) is 5.82 Å². The van der Waals surface area contributed by atoms with Gasteiger partial charge in [-0.3, -0.25) is 4.79 Å². The summed E-state index contributed by atoms with van der Waals surface area (Å²) in [6, 6.07) is 4.42. The van der Waals surface area contributed by atoms with E-state index in [1.807, 2.05) is 13.1 Å². The smallest absolute Gasteiger partial charge is 0.263 e. The van der Waals surface area contributed by atoms with Crippen LogP contribution in [0.2, 0.25) is 0 Å². The fourth-order valence-electron chi connectivity index (χ4n) is 3.22. The number of nitrogens with zero attached hydrogens (tertiary/aromatic N) is 3. The first kappa shape index (κ1) is 15.6. The summed E-state index contributed by atoms with van der Waals surface area (Å²) in [7, 11) is 0. The van der Waals surface area contributed by atoms with Gasteiger partial charge in [-0.1, -0.05) is 6.07 Å². The molecule has 0 bridgehead atoms. The number of amides is 1. The monoisotopic (exact) mass is 342 g/mol. The molecule has 1 aliphatic heterocycles. The van der Waals surface area contributed by atoms with Crippen LogP contribution in [0.25, 0.3) is 0 Å². The molecule has 24 heavy (non-hydrogen) atoms. The molecule has 5 nitrogen and oxygen atoms in total. The lowest BCUT2D eigenvalue weighted by Gasteiger charge is -2.33. The van der Waals surface area contributed by atoms with E-state index in [1.54, 1.807) is 5.51 Å². The lowest BCUT2D eigenvalue weighted by molar-refractivity contribution is 0.0934. The molecule has 3 heterocycles. The first-order valence-electron chi connectivity index (χ1n) is 8.62. The number of nitrogens with one attached hydrogen (secondary N) is 1. The molecule has 2 aromatic heterocycles. The molecule has 6 heteroatoms. The summed E-state index contributed by atoms with van der Waals surface area (Å²) in [6.07, 6.45) is 6.17. The Kier molecular flexibility index (Phi) is 4.22. The van der Waals surface area contributed by atoms with Crippen molar-refractivity contribution in [3.8, 4) is 0 Å². The Balaban J connectivity index is 1.33. The van der Waals surface area contributed by atoms with E-state index in [2.05, 4.69) is 32.3 Å². The van der Waals surface area contributed by atoms with Crippen LogP contribution in [0.1, 0.15) is 52.5 Å². The third-order valence-electron chi connectivity index (χ3n) is 4.82. The van der Waals surface area contributed by atoms with Crippen molar-refractivity contribution in [3.63, 3.8) is 0 Å². The maximum Gasteiger partial charge on any atom is 0.263 e. The molecule has 4 rings (SSSR count). The third kappa shape index (κ3) is 3.29. The number of piperidine rings is 1. The molecule has 0 unspecified atom stereocenters. The fourth-order valence-corrected chi connectivity index (χ4v) is 4.00. The number of hydrogen-bond acceptors (Lipinski definition) is 5. The van der Waals surface area contributed by atoms with Gasteiger partial charge in [0, 0.05) is 31.2 Å². The molecule has 1 N–H and O–H groups in total. The molecule has 0 aromatic carbocycles. The van der Waals surface area contributed by atoms with Crippen molar-refractivity contribution in [2.24, 2.45) is 0 Å². The molecule has 0 spiro atoms. The SMILES string of the molecule is Cc1ccc(N2CCC(NC(=O)c3scnc3C3CC3)CC2)nc1. The number of aromatic nitrogens is 2. The van der Waals surface area contributed by atoms with Crippen LogP contribution in [0, 0.1) is 6.92 Å². The highest BCUT2D eigenvalue weighted by Gasteiger charge is 2.31. The van der Waals surface area contributed by atoms with Crippen LogP contribution in [0.3, 0.4) is 0 Å². The maximum absolute atomic E-state index is 12.5. The van der Waals surface area contributed by atoms with E-state index in [0.29, 0.717) is 5.92 Å². The molecule has 0 radical (unpaired) electrons. The number of thiazole rings is 1. The fraction of sp³-hybridized carbons (Fsp3) is 0.500. The quantitative estimate of drug-likeness (QED) is 0.927. The highest BCUT2D eigenvalue weighted by atomic mass is 32.1. The van der Waals surface area contributed by atoms with Crippen molar-refractivity contribution in [2.45, 2.75) is 44.6 Å². The summed E-state index contributed by atoms with van der Waals surface area (Å²) >= 11 is 1.47. The topological polar surface area (TPSA) is 58.1 Å². The van der Waals surface area contributed by atoms with Crippen molar-refractivity contribution in [1.29, 1.82) is 0 Å². The van der Waals surface area contributed by atoms with Crippen molar-refractivity contribution in [2.75, 3.05) is 18.0 Å². The second-order valence-corrected chi connectivity index (χ2v) is 7.62. The lowest BCUT2D eigenvalue weighted by Crippen LogP contribution is -2.45. The Morgan fingerprint density at radius 3 is 2.67 bits per heavy atom. The number of rotatable bonds is 4. The zero-order chi connectivity index (χ0) is 16.5. The molecular weight excluding hydrogens is 320 g/mol. The van der Waals surface area contributed by atoms with Crippen LogP contribution in [-0.2, 0) is 0 Å². The highest BCUT2D eigenvalue weighted by molar-refractivity contribution is 7.11. The van der Waals surface area contributed by atoms with E-state index < -0.39 is 0 Å². The van der Waals surface area contributed by atoms with E-state index in [-0.39, 0.29) is 11.9 Å². The minimum Gasteiger partial charge on any atom is -0.356 e. The molecular formula is C18H22N4OS. The largest absolute Gasteiger partial charge is 0.356 e. The molecule has 1 aliphatic carbocycles. The van der Waals surface area contributed by atoms with Crippen LogP contribution in [0.15, 0.2) is 23.8 Å². The van der Waals surface area contributed by atoms with Crippen LogP contribution in [-0.4, -0.2) is 35.0 Å². The van der Waals surface area contributed by atoms with Gasteiger partial charge in [0.15, 0.2) is 0 Å². The number of hydrogen-bond donors (Lipinski definition) is 1. The zero-order valence-corrected chi connectivity index (χ0v) is 14.7. The number of aryl methyl sites for hydroxylation is 1. The number of anilines is 1. The van der Waals surface area contributed by atoms with Crippen molar-refractivity contribution in [3.05, 3.63) is 40.0 Å². The molecule has 2 aliphatic rings. The van der Waals surface area contributed by atoms with Crippen LogP contribution >= 0.6 is 11.3 Å². The number of pyridine rings is 1. The van der Waals surface area contributed by atoms with Crippen molar-refractivity contribution >= 4 is 23.1 Å². The van der Waals surface area contributed by atoms with Gasteiger partial charge in [-0.25, -0.2) is 9.97 Å². The molecule has 2 fully saturated rings. The second kappa shape index (κ2) is 6.51. The Labute approximate surface area is 146 Å². The van der Waals surface area contributed by atoms with Gasteiger partial charge in [-0.2, -0.15) is 0 Å². The third-order valence-corrected chi connectivity index (χ3v) is 5.66. The second-order valence-electron chi connectivity index (χ2n) is 6.77. The van der Waals surface area contributed by atoms with Gasteiger partial charge >= 0.3 is 0 Å². The van der Waals surface area contributed by atoms with Crippen LogP contribution < -0.4 is 10.2 Å². The van der Waals surface area contributed by atoms with E-state index in [4.69, 9.17) is 0 Å². The standard InChI is InChI=1S/C18H22N4OS/c1-12-2-5-15(19-10-12)22-8-6-14(7-9-22)21-18(23)17-16(13-3-4-13)20-11-24-17/h2,5,10-11,13-14H,3-4,6-9H2,1H3,(H,21,23). The Hall–Kier alpha value is -1.95. The Morgan fingerprint density at radius 1 is 1.21 bits per heavy atom. The van der Waals surface area contributed by atoms with Crippen molar-refractivity contribution in [1.82, 2.24) is 15.3 Å². The first-order valence-corrected chi connectivity index (χ1v) is 9.50. The minimum atomic E-state index is 0.0614. The van der Waals surface area contributed by atoms with Gasteiger partial charge in [0.05, 0.1) is 11.2 Å². The average molecular weight is 342 g/mol. The van der Waals surface area contributed by atoms with Gasteiger partial charge in [-0.05, 0) is 44.2 Å². The molecule has 1 saturated carbocycles. The Morgan fingerprint density at radius 2 is 2.00 bits per heavy atom. The van der Waals surface area contributed by atoms with Gasteiger partial charge in [0.25, 0.3) is 5.91 Å². The van der Waals surface area contributed by atoms with Gasteiger partial charge in [-0.15, -0.1) is 11.3 Å². The summed E-state index contributed by atoms with van der Waals surface area (Å²) in [5.74, 6) is 1.61. The Bertz CT molecular complexity index is 715. The maximum atomic E-state index is 12.5. The lowest BCUT2D eigenvalue weighted by atomic mass is 10.0. The zero-order valence-electron chi connectivity index (χ0n) is 13.9. The summed E-state index contributed by atoms with van der Waals surface area (Å²) in [5, 5.41) is 3.21. The highest BCUT2D eigenvalue weighted by Crippen LogP contribution is 2.41. The van der Waals surface area contributed by atoms with Gasteiger partial charge in [0.2, 0.25) is 0 Å². The van der Waals surface area contributed by atoms with E-state index >= 15 is 0 Å². The van der Waals surface area contributed by atoms with Gasteiger partial charge in [0.1, 0.15) is 10.7 Å². The summed E-state index contributed by atoms with van der Waals surface area (Å²) in [6.45, 7) is 3.91. The van der Waals surface area contributed by atoms with Crippen molar-refractivity contribution < 1.29 is 4.79 Å². The molecule has 126 valence electrons.